The van der Waals surface area contributed by atoms with E-state index in [2.05, 4.69) is 22.4 Å². The molecule has 2 saturated carbocycles. The first-order valence-electron chi connectivity index (χ1n) is 8.83. The Morgan fingerprint density at radius 1 is 1.18 bits per heavy atom. The van der Waals surface area contributed by atoms with Crippen molar-refractivity contribution in [3.8, 4) is 0 Å². The van der Waals surface area contributed by atoms with Crippen LogP contribution in [-0.4, -0.2) is 23.4 Å². The number of likely N-dealkylation sites (tertiary alicyclic amines) is 1. The fourth-order valence-corrected chi connectivity index (χ4v) is 5.91. The second kappa shape index (κ2) is 5.97. The molecule has 3 atom stereocenters. The molecule has 3 nitrogen and oxygen atoms in total. The maximum Gasteiger partial charge on any atom is 0.226 e. The van der Waals surface area contributed by atoms with Crippen molar-refractivity contribution in [1.29, 1.82) is 0 Å². The average molecular weight is 318 g/mol. The summed E-state index contributed by atoms with van der Waals surface area (Å²) in [4.78, 5) is 16.7. The molecule has 1 saturated heterocycles. The lowest BCUT2D eigenvalue weighted by Crippen LogP contribution is -2.49. The molecule has 4 heteroatoms. The topological polar surface area (TPSA) is 46.3 Å². The Labute approximate surface area is 136 Å². The minimum atomic E-state index is 0.232. The summed E-state index contributed by atoms with van der Waals surface area (Å²) < 4.78 is 0. The van der Waals surface area contributed by atoms with Crippen LogP contribution in [0.25, 0.3) is 0 Å². The normalized spacial score (nSPS) is 38.2. The molecular formula is C18H26N2OS. The van der Waals surface area contributed by atoms with E-state index in [4.69, 9.17) is 5.73 Å². The van der Waals surface area contributed by atoms with Gasteiger partial charge in [0.2, 0.25) is 5.91 Å². The number of nitrogens with two attached hydrogens (primary N) is 1. The zero-order chi connectivity index (χ0) is 15.1. The Morgan fingerprint density at radius 2 is 1.95 bits per heavy atom. The van der Waals surface area contributed by atoms with Gasteiger partial charge in [-0.2, -0.15) is 0 Å². The van der Waals surface area contributed by atoms with Crippen molar-refractivity contribution in [3.63, 3.8) is 0 Å². The Balaban J connectivity index is 1.49. The predicted octanol–water partition coefficient (Wildman–Crippen LogP) is 3.57. The van der Waals surface area contributed by atoms with Crippen molar-refractivity contribution in [1.82, 2.24) is 4.90 Å². The fourth-order valence-electron chi connectivity index (χ4n) is 5.03. The number of nitrogens with zero attached hydrogens (tertiary/aromatic N) is 1. The molecule has 22 heavy (non-hydrogen) atoms. The molecule has 2 N–H and O–H groups in total. The molecule has 0 aromatic carbocycles. The molecule has 3 aliphatic rings. The summed E-state index contributed by atoms with van der Waals surface area (Å²) in [6.07, 6.45) is 8.12. The van der Waals surface area contributed by atoms with E-state index in [9.17, 15) is 4.79 Å². The van der Waals surface area contributed by atoms with Crippen molar-refractivity contribution >= 4 is 17.2 Å². The Morgan fingerprint density at radius 3 is 2.64 bits per heavy atom. The molecule has 3 unspecified atom stereocenters. The first-order chi connectivity index (χ1) is 10.7. The number of hydrogen-bond donors (Lipinski definition) is 1. The number of hydrogen-bond acceptors (Lipinski definition) is 3. The Hall–Kier alpha value is -0.870. The van der Waals surface area contributed by atoms with Gasteiger partial charge in [0.05, 0.1) is 6.04 Å². The highest BCUT2D eigenvalue weighted by atomic mass is 32.1. The van der Waals surface area contributed by atoms with Crippen LogP contribution in [0.3, 0.4) is 0 Å². The van der Waals surface area contributed by atoms with Crippen LogP contribution in [0.4, 0.5) is 0 Å². The van der Waals surface area contributed by atoms with E-state index in [0.29, 0.717) is 29.8 Å². The standard InChI is InChI=1S/C18H26N2OS/c19-17-12-4-1-5-13(17)11-14(10-12)18(21)20-8-2-6-15(20)16-7-3-9-22-16/h3,7,9,12-15,17H,1-2,4-6,8,10-11,19H2. The van der Waals surface area contributed by atoms with Crippen molar-refractivity contribution in [2.75, 3.05) is 6.54 Å². The van der Waals surface area contributed by atoms with Gasteiger partial charge in [0, 0.05) is 23.4 Å². The first-order valence-corrected chi connectivity index (χ1v) is 9.71. The smallest absolute Gasteiger partial charge is 0.226 e. The third-order valence-electron chi connectivity index (χ3n) is 6.17. The van der Waals surface area contributed by atoms with Crippen molar-refractivity contribution in [3.05, 3.63) is 22.4 Å². The summed E-state index contributed by atoms with van der Waals surface area (Å²) in [6.45, 7) is 0.944. The lowest BCUT2D eigenvalue weighted by atomic mass is 9.65. The second-order valence-electron chi connectivity index (χ2n) is 7.40. The van der Waals surface area contributed by atoms with Crippen LogP contribution in [0.1, 0.15) is 55.9 Å². The minimum Gasteiger partial charge on any atom is -0.335 e. The molecule has 0 spiro atoms. The highest BCUT2D eigenvalue weighted by molar-refractivity contribution is 7.10. The van der Waals surface area contributed by atoms with E-state index in [1.807, 2.05) is 0 Å². The van der Waals surface area contributed by atoms with E-state index in [1.54, 1.807) is 11.3 Å². The van der Waals surface area contributed by atoms with Crippen LogP contribution >= 0.6 is 11.3 Å². The molecule has 4 rings (SSSR count). The molecule has 3 fully saturated rings. The van der Waals surface area contributed by atoms with Crippen LogP contribution in [0.2, 0.25) is 0 Å². The monoisotopic (exact) mass is 318 g/mol. The van der Waals surface area contributed by atoms with Crippen molar-refractivity contribution in [2.24, 2.45) is 23.5 Å². The number of fused-ring (bicyclic) bond motifs is 2. The zero-order valence-electron chi connectivity index (χ0n) is 13.1. The van der Waals surface area contributed by atoms with Gasteiger partial charge in [-0.05, 0) is 61.8 Å². The van der Waals surface area contributed by atoms with Gasteiger partial charge in [-0.15, -0.1) is 11.3 Å². The molecule has 1 aliphatic heterocycles. The molecule has 2 heterocycles. The number of carbonyl (C=O) groups is 1. The van der Waals surface area contributed by atoms with Gasteiger partial charge in [0.15, 0.2) is 0 Å². The minimum absolute atomic E-state index is 0.232. The molecule has 120 valence electrons. The highest BCUT2D eigenvalue weighted by Crippen LogP contribution is 2.44. The lowest BCUT2D eigenvalue weighted by molar-refractivity contribution is -0.139. The van der Waals surface area contributed by atoms with Gasteiger partial charge in [0.1, 0.15) is 0 Å². The van der Waals surface area contributed by atoms with Crippen molar-refractivity contribution < 1.29 is 4.79 Å². The summed E-state index contributed by atoms with van der Waals surface area (Å²) in [5, 5.41) is 2.13. The Bertz CT molecular complexity index is 515. The Kier molecular flexibility index (Phi) is 3.99. The predicted molar refractivity (Wildman–Crippen MR) is 89.5 cm³/mol. The lowest BCUT2D eigenvalue weighted by Gasteiger charge is -2.44. The van der Waals surface area contributed by atoms with Gasteiger partial charge >= 0.3 is 0 Å². The maximum absolute atomic E-state index is 13.1. The number of amides is 1. The van der Waals surface area contributed by atoms with Crippen molar-refractivity contribution in [2.45, 2.75) is 57.0 Å². The van der Waals surface area contributed by atoms with Gasteiger partial charge < -0.3 is 10.6 Å². The third-order valence-corrected chi connectivity index (χ3v) is 7.14. The van der Waals surface area contributed by atoms with E-state index in [-0.39, 0.29) is 5.92 Å². The second-order valence-corrected chi connectivity index (χ2v) is 8.38. The van der Waals surface area contributed by atoms with Gasteiger partial charge in [0.25, 0.3) is 0 Å². The third kappa shape index (κ3) is 2.50. The van der Waals surface area contributed by atoms with Gasteiger partial charge in [-0.1, -0.05) is 12.5 Å². The van der Waals surface area contributed by atoms with E-state index in [1.165, 1.54) is 24.1 Å². The first kappa shape index (κ1) is 14.7. The van der Waals surface area contributed by atoms with Gasteiger partial charge in [-0.3, -0.25) is 4.79 Å². The largest absolute Gasteiger partial charge is 0.335 e. The molecule has 2 aliphatic carbocycles. The van der Waals surface area contributed by atoms with E-state index >= 15 is 0 Å². The zero-order valence-corrected chi connectivity index (χ0v) is 13.9. The summed E-state index contributed by atoms with van der Waals surface area (Å²) in [6, 6.07) is 4.98. The summed E-state index contributed by atoms with van der Waals surface area (Å²) in [5.74, 6) is 1.82. The molecule has 1 amide bonds. The molecule has 2 bridgehead atoms. The summed E-state index contributed by atoms with van der Waals surface area (Å²) in [5.41, 5.74) is 6.38. The molecule has 1 aromatic heterocycles. The molecular weight excluding hydrogens is 292 g/mol. The summed E-state index contributed by atoms with van der Waals surface area (Å²) in [7, 11) is 0. The van der Waals surface area contributed by atoms with E-state index in [0.717, 1.165) is 32.2 Å². The SMILES string of the molecule is NC1C2CCCC1CC(C(=O)N1CCCC1c1cccs1)C2. The van der Waals surface area contributed by atoms with Crippen LogP contribution in [-0.2, 0) is 4.79 Å². The number of thiophene rings is 1. The maximum atomic E-state index is 13.1. The molecule has 1 aromatic rings. The van der Waals surface area contributed by atoms with Crippen LogP contribution in [0, 0.1) is 17.8 Å². The number of carbonyl (C=O) groups excluding carboxylic acids is 1. The van der Waals surface area contributed by atoms with Gasteiger partial charge in [-0.25, -0.2) is 0 Å². The quantitative estimate of drug-likeness (QED) is 0.906. The van der Waals surface area contributed by atoms with Crippen LogP contribution in [0.15, 0.2) is 17.5 Å². The molecule has 0 radical (unpaired) electrons. The van der Waals surface area contributed by atoms with Crippen LogP contribution < -0.4 is 5.73 Å². The van der Waals surface area contributed by atoms with Crippen LogP contribution in [0.5, 0.6) is 0 Å². The summed E-state index contributed by atoms with van der Waals surface area (Å²) >= 11 is 1.79. The van der Waals surface area contributed by atoms with E-state index < -0.39 is 0 Å². The highest BCUT2D eigenvalue weighted by Gasteiger charge is 2.43. The average Bonchev–Trinajstić information content (AvgIpc) is 3.17. The fraction of sp³-hybridized carbons (Fsp3) is 0.722. The number of rotatable bonds is 2.